The largest absolute Gasteiger partial charge is 1.00 e. The van der Waals surface area contributed by atoms with Gasteiger partial charge in [0, 0.05) is 5.56 Å². The van der Waals surface area contributed by atoms with Gasteiger partial charge >= 0.3 is 29.6 Å². The zero-order chi connectivity index (χ0) is 16.8. The summed E-state index contributed by atoms with van der Waals surface area (Å²) in [6.45, 7) is 9.72. The van der Waals surface area contributed by atoms with Crippen LogP contribution >= 0.6 is 0 Å². The molecule has 0 radical (unpaired) electrons. The molecule has 2 nitrogen and oxygen atoms in total. The van der Waals surface area contributed by atoms with Crippen LogP contribution < -0.4 is 29.6 Å². The first kappa shape index (κ1) is 24.3. The van der Waals surface area contributed by atoms with Crippen molar-refractivity contribution in [1.29, 1.82) is 0 Å². The maximum atomic E-state index is 13.9. The molecule has 0 bridgehead atoms. The van der Waals surface area contributed by atoms with E-state index in [2.05, 4.69) is 33.9 Å². The average Bonchev–Trinajstić information content (AvgIpc) is 2.80. The second-order valence-corrected chi connectivity index (χ2v) is 12.4. The fourth-order valence-corrected chi connectivity index (χ4v) is 4.01. The summed E-state index contributed by atoms with van der Waals surface area (Å²) in [5.41, 5.74) is 1.48. The summed E-state index contributed by atoms with van der Waals surface area (Å²) in [7, 11) is -1.95. The van der Waals surface area contributed by atoms with Crippen LogP contribution in [0.4, 0.5) is 8.78 Å². The van der Waals surface area contributed by atoms with E-state index in [0.29, 0.717) is 12.0 Å². The molecule has 1 atom stereocenters. The van der Waals surface area contributed by atoms with E-state index in [0.717, 1.165) is 12.0 Å². The predicted octanol–water partition coefficient (Wildman–Crippen LogP) is 0.332. The van der Waals surface area contributed by atoms with E-state index in [1.54, 1.807) is 6.07 Å². The molecule has 24 heavy (non-hydrogen) atoms. The van der Waals surface area contributed by atoms with Crippen LogP contribution in [0.25, 0.3) is 0 Å². The van der Waals surface area contributed by atoms with Gasteiger partial charge in [-0.2, -0.15) is 8.78 Å². The first-order valence-electron chi connectivity index (χ1n) is 7.78. The van der Waals surface area contributed by atoms with Crippen molar-refractivity contribution in [2.45, 2.75) is 63.8 Å². The fraction of sp³-hybridized carbons (Fsp3) is 0.647. The third-order valence-electron chi connectivity index (χ3n) is 5.05. The molecule has 0 spiro atoms. The Morgan fingerprint density at radius 1 is 1.25 bits per heavy atom. The van der Waals surface area contributed by atoms with Gasteiger partial charge in [-0.25, -0.2) is 0 Å². The third-order valence-corrected chi connectivity index (χ3v) is 9.54. The molecule has 0 heterocycles. The first-order chi connectivity index (χ1) is 9.99. The van der Waals surface area contributed by atoms with Crippen molar-refractivity contribution >= 4 is 16.7 Å². The van der Waals surface area contributed by atoms with E-state index < -0.39 is 20.8 Å². The van der Waals surface area contributed by atoms with Gasteiger partial charge in [-0.1, -0.05) is 47.4 Å². The van der Waals surface area contributed by atoms with Gasteiger partial charge in [0.1, 0.15) is 6.61 Å². The molecule has 1 aliphatic carbocycles. The Bertz CT molecular complexity index is 562. The van der Waals surface area contributed by atoms with Crippen LogP contribution in [0.3, 0.4) is 0 Å². The quantitative estimate of drug-likeness (QED) is 0.779. The second-order valence-electron chi connectivity index (χ2n) is 7.64. The second kappa shape index (κ2) is 8.32. The molecule has 0 saturated carbocycles. The number of rotatable bonds is 4. The maximum absolute atomic E-state index is 13.9. The van der Waals surface area contributed by atoms with Crippen molar-refractivity contribution < 1.29 is 47.9 Å². The molecule has 0 fully saturated rings. The molecule has 2 rings (SSSR count). The van der Waals surface area contributed by atoms with E-state index >= 15 is 0 Å². The number of benzene rings is 1. The van der Waals surface area contributed by atoms with Gasteiger partial charge in [-0.15, -0.1) is 0 Å². The predicted molar refractivity (Wildman–Crippen MR) is 98.1 cm³/mol. The zero-order valence-corrected chi connectivity index (χ0v) is 18.0. The number of alkyl halides is 2. The number of aliphatic hydroxyl groups is 1. The van der Waals surface area contributed by atoms with E-state index in [1.807, 2.05) is 6.07 Å². The number of hydrogen-bond donors (Lipinski definition) is 1. The standard InChI is InChI=1S/C17H26F2O2Si.BH4.Na/c1-16(2,3)22(4,5)21-15-10-9-12-13(15)7-6-8-14(12)17(18,19)11-20;;/h6-8,15,20H,9-11H2,1-5H3;1H4;/q;-1;+1/t15-;;/m0../s1. The SMILES string of the molecule is CC(C)(C)[Si](C)(C)O[C@H]1CCc2c1cccc2C(F)(F)CO.[BH4-].[Na+]. The monoisotopic (exact) mass is 366 g/mol. The van der Waals surface area contributed by atoms with Crippen molar-refractivity contribution in [3.63, 3.8) is 0 Å². The minimum absolute atomic E-state index is 0. The van der Waals surface area contributed by atoms with Crippen molar-refractivity contribution in [3.05, 3.63) is 34.9 Å². The van der Waals surface area contributed by atoms with E-state index in [1.165, 1.54) is 6.07 Å². The van der Waals surface area contributed by atoms with Crippen molar-refractivity contribution in [2.24, 2.45) is 0 Å². The molecule has 0 unspecified atom stereocenters. The molecule has 0 aromatic heterocycles. The topological polar surface area (TPSA) is 29.5 Å². The van der Waals surface area contributed by atoms with Crippen molar-refractivity contribution in [2.75, 3.05) is 6.61 Å². The van der Waals surface area contributed by atoms with E-state index in [9.17, 15) is 8.78 Å². The molecule has 1 aliphatic rings. The average molecular weight is 366 g/mol. The molecular formula is C17H30BF2NaO2Si. The third kappa shape index (κ3) is 4.71. The molecule has 1 N–H and O–H groups in total. The van der Waals surface area contributed by atoms with Gasteiger partial charge in [0.2, 0.25) is 0 Å². The van der Waals surface area contributed by atoms with E-state index in [-0.39, 0.29) is 54.7 Å². The molecule has 0 amide bonds. The van der Waals surface area contributed by atoms with Crippen LogP contribution in [0, 0.1) is 0 Å². The Morgan fingerprint density at radius 3 is 2.33 bits per heavy atom. The van der Waals surface area contributed by atoms with Gasteiger partial charge in [-0.3, -0.25) is 0 Å². The van der Waals surface area contributed by atoms with Gasteiger partial charge < -0.3 is 9.53 Å². The minimum atomic E-state index is -3.18. The summed E-state index contributed by atoms with van der Waals surface area (Å²) in [5, 5.41) is 9.05. The molecule has 1 aromatic carbocycles. The van der Waals surface area contributed by atoms with Crippen LogP contribution in [-0.2, 0) is 16.8 Å². The number of hydrogen-bond acceptors (Lipinski definition) is 2. The Morgan fingerprint density at radius 2 is 1.83 bits per heavy atom. The number of aliphatic hydroxyl groups excluding tert-OH is 1. The normalized spacial score (nSPS) is 17.8. The molecule has 132 valence electrons. The van der Waals surface area contributed by atoms with Crippen LogP contribution in [0.2, 0.25) is 18.1 Å². The summed E-state index contributed by atoms with van der Waals surface area (Å²) < 4.78 is 34.2. The fourth-order valence-electron chi connectivity index (χ4n) is 2.70. The smallest absolute Gasteiger partial charge is 0.410 e. The first-order valence-corrected chi connectivity index (χ1v) is 10.7. The van der Waals surface area contributed by atoms with Gasteiger partial charge in [0.25, 0.3) is 5.92 Å². The number of halogens is 2. The molecule has 0 saturated heterocycles. The zero-order valence-electron chi connectivity index (χ0n) is 15.0. The van der Waals surface area contributed by atoms with Crippen LogP contribution in [-0.4, -0.2) is 28.4 Å². The Balaban J connectivity index is 0.00000264. The molecule has 0 aliphatic heterocycles. The van der Waals surface area contributed by atoms with Gasteiger partial charge in [0.05, 0.1) is 6.10 Å². The maximum Gasteiger partial charge on any atom is 1.00 e. The molecule has 1 aromatic rings. The number of fused-ring (bicyclic) bond motifs is 1. The summed E-state index contributed by atoms with van der Waals surface area (Å²) in [5.74, 6) is -3.18. The Hall–Kier alpha value is 0.282. The summed E-state index contributed by atoms with van der Waals surface area (Å²) >= 11 is 0. The molecule has 7 heteroatoms. The van der Waals surface area contributed by atoms with Crippen molar-refractivity contribution in [1.82, 2.24) is 0 Å². The summed E-state index contributed by atoms with van der Waals surface area (Å²) in [6.07, 6.45) is 1.21. The van der Waals surface area contributed by atoms with Crippen LogP contribution in [0.5, 0.6) is 0 Å². The summed E-state index contributed by atoms with van der Waals surface area (Å²) in [6, 6.07) is 4.95. The van der Waals surface area contributed by atoms with Gasteiger partial charge in [-0.05, 0) is 42.1 Å². The Kier molecular flexibility index (Phi) is 8.41. The minimum Gasteiger partial charge on any atom is -0.410 e. The van der Waals surface area contributed by atoms with E-state index in [4.69, 9.17) is 9.53 Å². The van der Waals surface area contributed by atoms with Crippen LogP contribution in [0.1, 0.15) is 50.0 Å². The Labute approximate surface area is 169 Å². The van der Waals surface area contributed by atoms with Gasteiger partial charge in [0.15, 0.2) is 8.32 Å². The van der Waals surface area contributed by atoms with Crippen LogP contribution in [0.15, 0.2) is 18.2 Å². The van der Waals surface area contributed by atoms with Crippen molar-refractivity contribution in [3.8, 4) is 0 Å². The molecular weight excluding hydrogens is 336 g/mol. The summed E-state index contributed by atoms with van der Waals surface area (Å²) in [4.78, 5) is 0.